The highest BCUT2D eigenvalue weighted by Gasteiger charge is 2.21. The Morgan fingerprint density at radius 3 is 2.60 bits per heavy atom. The Kier molecular flexibility index (Phi) is 4.66. The monoisotopic (exact) mass is 230 g/mol. The van der Waals surface area contributed by atoms with Crippen LogP contribution in [0.4, 0.5) is 0 Å². The van der Waals surface area contributed by atoms with Gasteiger partial charge in [0, 0.05) is 17.6 Å². The molecule has 0 saturated carbocycles. The Hall–Kier alpha value is -0.490. The highest BCUT2D eigenvalue weighted by molar-refractivity contribution is 7.11. The number of aryl methyl sites for hydroxylation is 1. The van der Waals surface area contributed by atoms with Gasteiger partial charge in [0.2, 0.25) is 0 Å². The molecule has 0 bridgehead atoms. The van der Waals surface area contributed by atoms with Crippen LogP contribution in [-0.2, 0) is 13.0 Å². The van der Waals surface area contributed by atoms with Crippen LogP contribution in [0.5, 0.6) is 0 Å². The molecule has 15 heavy (non-hydrogen) atoms. The molecule has 0 aliphatic heterocycles. The lowest BCUT2D eigenvalue weighted by Gasteiger charge is -2.25. The molecule has 0 aliphatic carbocycles. The molecule has 5 heteroatoms. The normalized spacial score (nSPS) is 12.0. The molecule has 0 aromatic carbocycles. The fraction of sp³-hybridized carbons (Fsp3) is 0.700. The van der Waals surface area contributed by atoms with E-state index in [1.807, 2.05) is 6.20 Å². The first-order valence-corrected chi connectivity index (χ1v) is 5.85. The molecule has 0 amide bonds. The molecule has 0 spiro atoms. The zero-order valence-corrected chi connectivity index (χ0v) is 9.97. The topological polar surface area (TPSA) is 65.4 Å². The van der Waals surface area contributed by atoms with Crippen LogP contribution in [0.2, 0.25) is 0 Å². The first kappa shape index (κ1) is 12.6. The Morgan fingerprint density at radius 1 is 1.47 bits per heavy atom. The van der Waals surface area contributed by atoms with E-state index in [0.29, 0.717) is 6.54 Å². The van der Waals surface area contributed by atoms with Gasteiger partial charge in [-0.1, -0.05) is 6.92 Å². The van der Waals surface area contributed by atoms with Gasteiger partial charge in [-0.2, -0.15) is 0 Å². The van der Waals surface area contributed by atoms with Crippen LogP contribution < -0.4 is 5.32 Å². The van der Waals surface area contributed by atoms with Gasteiger partial charge in [0.1, 0.15) is 0 Å². The summed E-state index contributed by atoms with van der Waals surface area (Å²) in [5.74, 6) is 0. The van der Waals surface area contributed by atoms with Gasteiger partial charge in [0.15, 0.2) is 0 Å². The van der Waals surface area contributed by atoms with Crippen molar-refractivity contribution in [1.82, 2.24) is 10.3 Å². The number of aliphatic hydroxyl groups is 2. The van der Waals surface area contributed by atoms with E-state index in [4.69, 9.17) is 10.2 Å². The lowest BCUT2D eigenvalue weighted by molar-refractivity contribution is 0.103. The minimum atomic E-state index is -0.615. The minimum absolute atomic E-state index is 0.0804. The zero-order valence-electron chi connectivity index (χ0n) is 9.16. The first-order valence-electron chi connectivity index (χ1n) is 5.04. The van der Waals surface area contributed by atoms with E-state index in [1.165, 1.54) is 0 Å². The third kappa shape index (κ3) is 3.53. The van der Waals surface area contributed by atoms with Crippen molar-refractivity contribution >= 4 is 11.3 Å². The number of rotatable bonds is 6. The molecule has 0 radical (unpaired) electrons. The standard InChI is InChI=1S/C10H18N2O2S/c1-3-9-11-4-8(15-9)5-12-10(2,6-13)7-14/h4,12-14H,3,5-7H2,1-2H3. The predicted octanol–water partition coefficient (Wildman–Crippen LogP) is 0.538. The molecule has 1 heterocycles. The third-order valence-corrected chi connectivity index (χ3v) is 3.43. The molecule has 1 aromatic heterocycles. The smallest absolute Gasteiger partial charge is 0.0925 e. The number of aromatic nitrogens is 1. The second-order valence-corrected chi connectivity index (χ2v) is 5.00. The molecular weight excluding hydrogens is 212 g/mol. The van der Waals surface area contributed by atoms with E-state index in [2.05, 4.69) is 17.2 Å². The van der Waals surface area contributed by atoms with Crippen molar-refractivity contribution in [2.45, 2.75) is 32.4 Å². The van der Waals surface area contributed by atoms with Crippen LogP contribution in [0.1, 0.15) is 23.7 Å². The van der Waals surface area contributed by atoms with Gasteiger partial charge >= 0.3 is 0 Å². The largest absolute Gasteiger partial charge is 0.394 e. The van der Waals surface area contributed by atoms with Crippen LogP contribution in [0, 0.1) is 0 Å². The van der Waals surface area contributed by atoms with Crippen molar-refractivity contribution in [3.8, 4) is 0 Å². The van der Waals surface area contributed by atoms with Gasteiger partial charge < -0.3 is 15.5 Å². The predicted molar refractivity (Wildman–Crippen MR) is 60.9 cm³/mol. The molecule has 3 N–H and O–H groups in total. The summed E-state index contributed by atoms with van der Waals surface area (Å²) >= 11 is 1.66. The number of thiazole rings is 1. The Bertz CT molecular complexity index is 297. The SMILES string of the molecule is CCc1ncc(CNC(C)(CO)CO)s1. The molecule has 1 rings (SSSR count). The van der Waals surface area contributed by atoms with E-state index in [9.17, 15) is 0 Å². The van der Waals surface area contributed by atoms with Gasteiger partial charge in [0.25, 0.3) is 0 Å². The molecule has 1 aromatic rings. The zero-order chi connectivity index (χ0) is 11.3. The molecule has 0 unspecified atom stereocenters. The van der Waals surface area contributed by atoms with Gasteiger partial charge in [-0.25, -0.2) is 4.98 Å². The summed E-state index contributed by atoms with van der Waals surface area (Å²) in [6, 6.07) is 0. The molecule has 4 nitrogen and oxygen atoms in total. The van der Waals surface area contributed by atoms with Crippen LogP contribution in [0.25, 0.3) is 0 Å². The minimum Gasteiger partial charge on any atom is -0.394 e. The van der Waals surface area contributed by atoms with Crippen molar-refractivity contribution in [3.63, 3.8) is 0 Å². The van der Waals surface area contributed by atoms with E-state index in [-0.39, 0.29) is 13.2 Å². The van der Waals surface area contributed by atoms with Gasteiger partial charge in [-0.05, 0) is 13.3 Å². The number of aliphatic hydroxyl groups excluding tert-OH is 2. The fourth-order valence-corrected chi connectivity index (χ4v) is 1.86. The van der Waals surface area contributed by atoms with Gasteiger partial charge in [-0.3, -0.25) is 0 Å². The second kappa shape index (κ2) is 5.55. The number of hydrogen-bond acceptors (Lipinski definition) is 5. The summed E-state index contributed by atoms with van der Waals surface area (Å²) in [5, 5.41) is 22.4. The summed E-state index contributed by atoms with van der Waals surface area (Å²) in [6.07, 6.45) is 2.79. The van der Waals surface area contributed by atoms with Crippen molar-refractivity contribution in [2.24, 2.45) is 0 Å². The highest BCUT2D eigenvalue weighted by atomic mass is 32.1. The Morgan fingerprint density at radius 2 is 2.13 bits per heavy atom. The van der Waals surface area contributed by atoms with E-state index < -0.39 is 5.54 Å². The number of nitrogens with one attached hydrogen (secondary N) is 1. The number of hydrogen-bond donors (Lipinski definition) is 3. The molecule has 0 aliphatic rings. The quantitative estimate of drug-likeness (QED) is 0.667. The maximum absolute atomic E-state index is 9.08. The van der Waals surface area contributed by atoms with Crippen molar-refractivity contribution in [3.05, 3.63) is 16.1 Å². The molecule has 0 saturated heterocycles. The Balaban J connectivity index is 2.49. The molecule has 0 atom stereocenters. The summed E-state index contributed by atoms with van der Waals surface area (Å²) in [7, 11) is 0. The maximum Gasteiger partial charge on any atom is 0.0925 e. The average Bonchev–Trinajstić information content (AvgIpc) is 2.74. The molecular formula is C10H18N2O2S. The lowest BCUT2D eigenvalue weighted by Crippen LogP contribution is -2.48. The van der Waals surface area contributed by atoms with Gasteiger partial charge in [-0.15, -0.1) is 11.3 Å². The Labute approximate surface area is 94.0 Å². The fourth-order valence-electron chi connectivity index (χ4n) is 1.06. The van der Waals surface area contributed by atoms with Crippen molar-refractivity contribution in [2.75, 3.05) is 13.2 Å². The van der Waals surface area contributed by atoms with Gasteiger partial charge in [0.05, 0.1) is 23.8 Å². The second-order valence-electron chi connectivity index (χ2n) is 3.80. The molecule has 86 valence electrons. The average molecular weight is 230 g/mol. The van der Waals surface area contributed by atoms with Crippen LogP contribution >= 0.6 is 11.3 Å². The van der Waals surface area contributed by atoms with E-state index in [0.717, 1.165) is 16.3 Å². The van der Waals surface area contributed by atoms with E-state index in [1.54, 1.807) is 18.3 Å². The highest BCUT2D eigenvalue weighted by Crippen LogP contribution is 2.14. The summed E-state index contributed by atoms with van der Waals surface area (Å²) in [4.78, 5) is 5.37. The van der Waals surface area contributed by atoms with Crippen LogP contribution in [0.15, 0.2) is 6.20 Å². The summed E-state index contributed by atoms with van der Waals surface area (Å²) < 4.78 is 0. The number of nitrogens with zero attached hydrogens (tertiary/aromatic N) is 1. The third-order valence-electron chi connectivity index (χ3n) is 2.29. The van der Waals surface area contributed by atoms with Crippen LogP contribution in [0.3, 0.4) is 0 Å². The summed E-state index contributed by atoms with van der Waals surface area (Å²) in [5.41, 5.74) is -0.615. The maximum atomic E-state index is 9.08. The lowest BCUT2D eigenvalue weighted by atomic mass is 10.1. The summed E-state index contributed by atoms with van der Waals surface area (Å²) in [6.45, 7) is 4.33. The van der Waals surface area contributed by atoms with E-state index >= 15 is 0 Å². The van der Waals surface area contributed by atoms with Crippen molar-refractivity contribution in [1.29, 1.82) is 0 Å². The van der Waals surface area contributed by atoms with Crippen LogP contribution in [-0.4, -0.2) is 33.9 Å². The first-order chi connectivity index (χ1) is 7.13. The van der Waals surface area contributed by atoms with Crippen molar-refractivity contribution < 1.29 is 10.2 Å². The molecule has 0 fully saturated rings.